The first-order valence-electron chi connectivity index (χ1n) is 8.40. The number of piperidine rings is 1. The van der Waals surface area contributed by atoms with Gasteiger partial charge in [-0.15, -0.1) is 0 Å². The summed E-state index contributed by atoms with van der Waals surface area (Å²) in [7, 11) is 4.19. The lowest BCUT2D eigenvalue weighted by Gasteiger charge is -2.58. The van der Waals surface area contributed by atoms with Crippen LogP contribution in [0.2, 0.25) is 0 Å². The minimum absolute atomic E-state index is 0.340. The molecule has 3 aliphatic rings. The van der Waals surface area contributed by atoms with E-state index in [2.05, 4.69) is 29.4 Å². The number of hydrogen-bond acceptors (Lipinski definition) is 3. The molecule has 0 aromatic heterocycles. The first kappa shape index (κ1) is 13.4. The van der Waals surface area contributed by atoms with Crippen molar-refractivity contribution in [1.29, 1.82) is 0 Å². The number of benzene rings is 1. The molecule has 2 fully saturated rings. The van der Waals surface area contributed by atoms with Crippen LogP contribution in [0.15, 0.2) is 12.1 Å². The summed E-state index contributed by atoms with van der Waals surface area (Å²) < 4.78 is 0. The average Bonchev–Trinajstić information content (AvgIpc) is 2.51. The summed E-state index contributed by atoms with van der Waals surface area (Å²) in [6.07, 6.45) is 7.81. The topological polar surface area (TPSA) is 35.5 Å². The Morgan fingerprint density at radius 2 is 2.14 bits per heavy atom. The van der Waals surface area contributed by atoms with Gasteiger partial charge in [-0.2, -0.15) is 0 Å². The van der Waals surface area contributed by atoms with Crippen LogP contribution < -0.4 is 5.32 Å². The molecule has 2 N–H and O–H groups in total. The summed E-state index contributed by atoms with van der Waals surface area (Å²) in [5.74, 6) is 1.21. The number of phenolic OH excluding ortho intramolecular Hbond substituents is 1. The standard InChI is InChI=1S/C18H26N2O/c1-19-15-9-12-10-16-13-5-3-4-6-18(13,7-8-20(16)2)14(12)11-17(15)21/h9,11,13,16,19,21H,3-8,10H2,1-2H3/t13-,16-,18-/m1/s1. The zero-order valence-electron chi connectivity index (χ0n) is 13.2. The Labute approximate surface area is 127 Å². The van der Waals surface area contributed by atoms with E-state index in [0.29, 0.717) is 17.2 Å². The first-order chi connectivity index (χ1) is 10.2. The van der Waals surface area contributed by atoms with E-state index in [-0.39, 0.29) is 0 Å². The molecule has 2 aliphatic carbocycles. The highest BCUT2D eigenvalue weighted by atomic mass is 16.3. The van der Waals surface area contributed by atoms with Crippen LogP contribution in [0, 0.1) is 5.92 Å². The average molecular weight is 286 g/mol. The fraction of sp³-hybridized carbons (Fsp3) is 0.667. The number of phenols is 1. The van der Waals surface area contributed by atoms with Gasteiger partial charge in [0.15, 0.2) is 0 Å². The molecule has 3 nitrogen and oxygen atoms in total. The lowest BCUT2D eigenvalue weighted by atomic mass is 9.52. The summed E-state index contributed by atoms with van der Waals surface area (Å²) in [6, 6.07) is 4.98. The van der Waals surface area contributed by atoms with Crippen LogP contribution in [0.1, 0.15) is 43.2 Å². The van der Waals surface area contributed by atoms with E-state index in [1.807, 2.05) is 7.05 Å². The SMILES string of the molecule is CNc1cc2c(cc1O)[C@@]13CCCC[C@@H]1[C@@H](C2)N(C)CC3. The molecule has 0 amide bonds. The normalized spacial score (nSPS) is 35.0. The van der Waals surface area contributed by atoms with Crippen LogP contribution in [-0.2, 0) is 11.8 Å². The number of likely N-dealkylation sites (tertiary alicyclic amines) is 1. The Morgan fingerprint density at radius 3 is 2.95 bits per heavy atom. The Morgan fingerprint density at radius 1 is 1.29 bits per heavy atom. The fourth-order valence-electron chi connectivity index (χ4n) is 5.44. The van der Waals surface area contributed by atoms with E-state index in [4.69, 9.17) is 0 Å². The van der Waals surface area contributed by atoms with Crippen molar-refractivity contribution in [1.82, 2.24) is 4.90 Å². The van der Waals surface area contributed by atoms with E-state index in [0.717, 1.165) is 18.0 Å². The highest BCUT2D eigenvalue weighted by Gasteiger charge is 2.53. The van der Waals surface area contributed by atoms with Gasteiger partial charge in [0, 0.05) is 18.5 Å². The van der Waals surface area contributed by atoms with Crippen molar-refractivity contribution in [2.24, 2.45) is 5.92 Å². The molecular formula is C18H26N2O. The van der Waals surface area contributed by atoms with E-state index >= 15 is 0 Å². The molecule has 1 saturated heterocycles. The van der Waals surface area contributed by atoms with Gasteiger partial charge in [0.2, 0.25) is 0 Å². The summed E-state index contributed by atoms with van der Waals surface area (Å²) >= 11 is 0. The van der Waals surface area contributed by atoms with E-state index in [1.165, 1.54) is 49.8 Å². The third-order valence-corrected chi connectivity index (χ3v) is 6.50. The number of hydrogen-bond donors (Lipinski definition) is 2. The highest BCUT2D eigenvalue weighted by Crippen LogP contribution is 2.56. The highest BCUT2D eigenvalue weighted by molar-refractivity contribution is 5.61. The quantitative estimate of drug-likeness (QED) is 0.779. The Hall–Kier alpha value is -1.22. The predicted molar refractivity (Wildman–Crippen MR) is 86.0 cm³/mol. The number of rotatable bonds is 1. The third-order valence-electron chi connectivity index (χ3n) is 6.50. The molecule has 0 radical (unpaired) electrons. The van der Waals surface area contributed by atoms with Gasteiger partial charge in [0.25, 0.3) is 0 Å². The maximum absolute atomic E-state index is 10.3. The number of anilines is 1. The van der Waals surface area contributed by atoms with Crippen molar-refractivity contribution in [3.05, 3.63) is 23.3 Å². The molecule has 2 bridgehead atoms. The van der Waals surface area contributed by atoms with Crippen molar-refractivity contribution in [2.45, 2.75) is 50.0 Å². The van der Waals surface area contributed by atoms with Gasteiger partial charge >= 0.3 is 0 Å². The molecule has 4 rings (SSSR count). The zero-order chi connectivity index (χ0) is 14.6. The van der Waals surface area contributed by atoms with Crippen LogP contribution in [0.4, 0.5) is 5.69 Å². The predicted octanol–water partition coefficient (Wildman–Crippen LogP) is 3.12. The molecule has 1 aromatic carbocycles. The van der Waals surface area contributed by atoms with E-state index in [1.54, 1.807) is 0 Å². The van der Waals surface area contributed by atoms with Crippen molar-refractivity contribution in [3.8, 4) is 5.75 Å². The summed E-state index contributed by atoms with van der Waals surface area (Å²) in [5.41, 5.74) is 4.15. The Bertz CT molecular complexity index is 571. The van der Waals surface area contributed by atoms with Crippen LogP contribution in [0.25, 0.3) is 0 Å². The number of nitrogens with zero attached hydrogens (tertiary/aromatic N) is 1. The van der Waals surface area contributed by atoms with E-state index < -0.39 is 0 Å². The maximum Gasteiger partial charge on any atom is 0.138 e. The molecule has 1 heterocycles. The van der Waals surface area contributed by atoms with Crippen LogP contribution >= 0.6 is 0 Å². The number of aromatic hydroxyl groups is 1. The lowest BCUT2D eigenvalue weighted by Crippen LogP contribution is -2.59. The van der Waals surface area contributed by atoms with Gasteiger partial charge in [0.1, 0.15) is 5.75 Å². The molecule has 1 aliphatic heterocycles. The minimum Gasteiger partial charge on any atom is -0.506 e. The Kier molecular flexibility index (Phi) is 2.97. The monoisotopic (exact) mass is 286 g/mol. The van der Waals surface area contributed by atoms with Crippen molar-refractivity contribution in [3.63, 3.8) is 0 Å². The summed E-state index contributed by atoms with van der Waals surface area (Å²) in [5, 5.41) is 13.5. The van der Waals surface area contributed by atoms with Gasteiger partial charge in [-0.1, -0.05) is 12.8 Å². The molecule has 1 saturated carbocycles. The zero-order valence-corrected chi connectivity index (χ0v) is 13.2. The second-order valence-electron chi connectivity index (χ2n) is 7.29. The first-order valence-corrected chi connectivity index (χ1v) is 8.40. The third kappa shape index (κ3) is 1.76. The van der Waals surface area contributed by atoms with Crippen LogP contribution in [0.3, 0.4) is 0 Å². The fourth-order valence-corrected chi connectivity index (χ4v) is 5.44. The van der Waals surface area contributed by atoms with Crippen molar-refractivity contribution >= 4 is 5.69 Å². The largest absolute Gasteiger partial charge is 0.506 e. The number of likely N-dealkylation sites (N-methyl/N-ethyl adjacent to an activating group) is 1. The second kappa shape index (κ2) is 4.64. The van der Waals surface area contributed by atoms with Crippen molar-refractivity contribution in [2.75, 3.05) is 26.0 Å². The van der Waals surface area contributed by atoms with Crippen molar-refractivity contribution < 1.29 is 5.11 Å². The number of nitrogens with one attached hydrogen (secondary N) is 1. The van der Waals surface area contributed by atoms with Crippen LogP contribution in [0.5, 0.6) is 5.75 Å². The molecule has 0 unspecified atom stereocenters. The summed E-state index contributed by atoms with van der Waals surface area (Å²) in [4.78, 5) is 2.59. The maximum atomic E-state index is 10.3. The Balaban J connectivity index is 1.89. The van der Waals surface area contributed by atoms with Gasteiger partial charge in [-0.25, -0.2) is 0 Å². The molecule has 114 valence electrons. The molecular weight excluding hydrogens is 260 g/mol. The lowest BCUT2D eigenvalue weighted by molar-refractivity contribution is 0.00277. The molecule has 3 heteroatoms. The minimum atomic E-state index is 0.340. The van der Waals surface area contributed by atoms with Crippen LogP contribution in [-0.4, -0.2) is 36.7 Å². The van der Waals surface area contributed by atoms with Gasteiger partial charge in [0.05, 0.1) is 5.69 Å². The van der Waals surface area contributed by atoms with Gasteiger partial charge in [-0.05, 0) is 68.5 Å². The summed E-state index contributed by atoms with van der Waals surface area (Å²) in [6.45, 7) is 1.20. The molecule has 3 atom stereocenters. The van der Waals surface area contributed by atoms with E-state index in [9.17, 15) is 5.11 Å². The molecule has 0 spiro atoms. The molecule has 1 aromatic rings. The molecule has 21 heavy (non-hydrogen) atoms. The second-order valence-corrected chi connectivity index (χ2v) is 7.29. The van der Waals surface area contributed by atoms with Gasteiger partial charge in [-0.3, -0.25) is 0 Å². The van der Waals surface area contributed by atoms with Gasteiger partial charge < -0.3 is 15.3 Å². The smallest absolute Gasteiger partial charge is 0.138 e. The number of fused-ring (bicyclic) bond motifs is 1.